The zero-order valence-corrected chi connectivity index (χ0v) is 28.5. The topological polar surface area (TPSA) is 158 Å². The highest BCUT2D eigenvalue weighted by Gasteiger charge is 2.73. The van der Waals surface area contributed by atoms with Gasteiger partial charge in [-0.25, -0.2) is 4.79 Å². The summed E-state index contributed by atoms with van der Waals surface area (Å²) in [4.78, 5) is 39.5. The van der Waals surface area contributed by atoms with Crippen LogP contribution in [0.2, 0.25) is 0 Å². The maximum Gasteiger partial charge on any atom is 0.522 e. The Labute approximate surface area is 288 Å². The quantitative estimate of drug-likeness (QED) is 0.210. The summed E-state index contributed by atoms with van der Waals surface area (Å²) >= 11 is 0. The minimum Gasteiger partial charge on any atom is -0.469 e. The van der Waals surface area contributed by atoms with Crippen molar-refractivity contribution in [2.45, 2.75) is 138 Å². The summed E-state index contributed by atoms with van der Waals surface area (Å²) < 4.78 is 111. The summed E-state index contributed by atoms with van der Waals surface area (Å²) in [5.74, 6) is -2.19. The molecule has 1 heterocycles. The van der Waals surface area contributed by atoms with Crippen LogP contribution in [0.1, 0.15) is 96.3 Å². The molecular weight excluding hydrogens is 700 g/mol. The minimum absolute atomic E-state index is 0.0222. The number of carbonyl (C=O) groups is 3. The number of carbonyl (C=O) groups excluding carboxylic acids is 3. The van der Waals surface area contributed by atoms with Gasteiger partial charge >= 0.3 is 24.7 Å². The first-order chi connectivity index (χ1) is 23.6. The van der Waals surface area contributed by atoms with Gasteiger partial charge < -0.3 is 28.7 Å². The maximum atomic E-state index is 14.0. The Bertz CT molecular complexity index is 1460. The van der Waals surface area contributed by atoms with Crippen molar-refractivity contribution in [3.05, 3.63) is 11.8 Å². The number of hydrogen-bond acceptors (Lipinski definition) is 12. The van der Waals surface area contributed by atoms with Crippen molar-refractivity contribution >= 4 is 17.8 Å². The fraction of sp³-hybridized carbons (Fsp3) is 0.844. The third kappa shape index (κ3) is 8.15. The molecule has 13 nitrogen and oxygen atoms in total. The van der Waals surface area contributed by atoms with Gasteiger partial charge in [-0.1, -0.05) is 0 Å². The Morgan fingerprint density at radius 3 is 2.14 bits per heavy atom. The largest absolute Gasteiger partial charge is 0.522 e. The van der Waals surface area contributed by atoms with Crippen molar-refractivity contribution in [2.24, 2.45) is 11.3 Å². The number of halogens is 6. The molecule has 0 aromatic carbocycles. The van der Waals surface area contributed by atoms with E-state index in [1.807, 2.05) is 0 Å². The molecule has 6 aliphatic rings. The van der Waals surface area contributed by atoms with Crippen molar-refractivity contribution in [2.75, 3.05) is 20.3 Å². The molecule has 6 aliphatic carbocycles. The van der Waals surface area contributed by atoms with Gasteiger partial charge in [-0.3, -0.25) is 19.1 Å². The Kier molecular flexibility index (Phi) is 9.71. The smallest absolute Gasteiger partial charge is 0.469 e. The second-order valence-corrected chi connectivity index (χ2v) is 15.7. The molecule has 0 saturated heterocycles. The van der Waals surface area contributed by atoms with E-state index in [0.717, 1.165) is 0 Å². The third-order valence-electron chi connectivity index (χ3n) is 10.4. The summed E-state index contributed by atoms with van der Waals surface area (Å²) in [5, 5.41) is 11.2. The van der Waals surface area contributed by atoms with Gasteiger partial charge in [0.2, 0.25) is 11.8 Å². The van der Waals surface area contributed by atoms with Gasteiger partial charge in [0, 0.05) is 11.5 Å². The molecule has 6 saturated carbocycles. The van der Waals surface area contributed by atoms with Crippen LogP contribution in [0.25, 0.3) is 0 Å². The fourth-order valence-corrected chi connectivity index (χ4v) is 8.03. The molecule has 0 spiro atoms. The van der Waals surface area contributed by atoms with Crippen LogP contribution in [-0.4, -0.2) is 96.6 Å². The molecule has 0 aliphatic heterocycles. The lowest BCUT2D eigenvalue weighted by molar-refractivity contribution is -0.352. The molecule has 1 N–H and O–H groups in total. The normalized spacial score (nSPS) is 34.8. The summed E-state index contributed by atoms with van der Waals surface area (Å²) in [6.45, 7) is 4.17. The van der Waals surface area contributed by atoms with Crippen LogP contribution in [0.3, 0.4) is 0 Å². The van der Waals surface area contributed by atoms with Crippen molar-refractivity contribution in [1.29, 1.82) is 0 Å². The number of nitrogens with zero attached hydrogens (tertiary/aromatic N) is 2. The van der Waals surface area contributed by atoms with Gasteiger partial charge in [-0.2, -0.15) is 0 Å². The molecule has 6 fully saturated rings. The predicted molar refractivity (Wildman–Crippen MR) is 156 cm³/mol. The molecule has 7 rings (SSSR count). The minimum atomic E-state index is -4.78. The van der Waals surface area contributed by atoms with Crippen LogP contribution in [0.15, 0.2) is 4.42 Å². The second-order valence-electron chi connectivity index (χ2n) is 15.7. The van der Waals surface area contributed by atoms with Crippen molar-refractivity contribution in [3.8, 4) is 0 Å². The number of esters is 2. The summed E-state index contributed by atoms with van der Waals surface area (Å²) in [5.41, 5.74) is -3.42. The van der Waals surface area contributed by atoms with E-state index < -0.39 is 89.5 Å². The van der Waals surface area contributed by atoms with Crippen LogP contribution >= 0.6 is 0 Å². The lowest BCUT2D eigenvalue weighted by Crippen LogP contribution is -2.78. The van der Waals surface area contributed by atoms with E-state index in [-0.39, 0.29) is 56.9 Å². The lowest BCUT2D eigenvalue weighted by atomic mass is 9.39. The second kappa shape index (κ2) is 13.1. The predicted octanol–water partition coefficient (Wildman–Crippen LogP) is 4.52. The van der Waals surface area contributed by atoms with Crippen LogP contribution in [0, 0.1) is 11.3 Å². The van der Waals surface area contributed by atoms with E-state index in [2.05, 4.69) is 25.0 Å². The number of rotatable bonds is 14. The highest BCUT2D eigenvalue weighted by Crippen LogP contribution is 2.68. The van der Waals surface area contributed by atoms with Gasteiger partial charge in [0.15, 0.2) is 6.10 Å². The highest BCUT2D eigenvalue weighted by molar-refractivity contribution is 5.91. The van der Waals surface area contributed by atoms with E-state index >= 15 is 0 Å². The monoisotopic (exact) mass is 741 g/mol. The van der Waals surface area contributed by atoms with E-state index in [0.29, 0.717) is 25.2 Å². The highest BCUT2D eigenvalue weighted by atomic mass is 19.4. The lowest BCUT2D eigenvalue weighted by Gasteiger charge is -2.68. The molecule has 1 unspecified atom stereocenters. The number of alkyl halides is 6. The first kappa shape index (κ1) is 37.7. The molecule has 0 radical (unpaired) electrons. The fourth-order valence-electron chi connectivity index (χ4n) is 8.03. The number of hydrogen-bond donors (Lipinski definition) is 1. The van der Waals surface area contributed by atoms with Gasteiger partial charge in [0.25, 0.3) is 5.91 Å². The zero-order chi connectivity index (χ0) is 37.2. The first-order valence-electron chi connectivity index (χ1n) is 16.8. The molecule has 1 atom stereocenters. The van der Waals surface area contributed by atoms with Crippen LogP contribution in [-0.2, 0) is 48.2 Å². The Balaban J connectivity index is 1.08. The number of methoxy groups -OCH3 is 1. The molecule has 286 valence electrons. The summed E-state index contributed by atoms with van der Waals surface area (Å²) in [6, 6.07) is 0. The molecule has 51 heavy (non-hydrogen) atoms. The number of ether oxygens (including phenoxy) is 6. The molecule has 1 amide bonds. The third-order valence-corrected chi connectivity index (χ3v) is 10.4. The van der Waals surface area contributed by atoms with E-state index in [9.17, 15) is 40.7 Å². The summed E-state index contributed by atoms with van der Waals surface area (Å²) in [6.07, 6.45) is -11.3. The average molecular weight is 742 g/mol. The average Bonchev–Trinajstić information content (AvgIpc) is 3.37. The van der Waals surface area contributed by atoms with Crippen molar-refractivity contribution in [1.82, 2.24) is 15.5 Å². The van der Waals surface area contributed by atoms with Gasteiger partial charge in [0.05, 0.1) is 37.4 Å². The molecule has 19 heteroatoms. The van der Waals surface area contributed by atoms with E-state index in [4.69, 9.17) is 23.4 Å². The van der Waals surface area contributed by atoms with Crippen LogP contribution in [0.5, 0.6) is 0 Å². The molecule has 1 aromatic rings. The Morgan fingerprint density at radius 1 is 0.922 bits per heavy atom. The number of amides is 1. The van der Waals surface area contributed by atoms with Gasteiger partial charge in [-0.05, 0) is 84.5 Å². The molecule has 1 aromatic heterocycles. The van der Waals surface area contributed by atoms with Gasteiger partial charge in [0.1, 0.15) is 17.6 Å². The van der Waals surface area contributed by atoms with Gasteiger partial charge in [-0.15, -0.1) is 36.5 Å². The zero-order valence-electron chi connectivity index (χ0n) is 28.5. The standard InChI is InChI=1S/C32H41F6N3O10/c1-27(2,3)51-21(42)12-46-20-9-30(10-20,26(44)45-4)22(48-18-5-16(6-18)11-47-31(33,34)35)23(43)39-29-13-28(14-29,15-29)25-41-40-24(49-25)17-7-19(8-17)50-32(36,37)38/h16-20,22H,5-15H2,1-4H3,(H,39,43). The van der Waals surface area contributed by atoms with Crippen molar-refractivity contribution < 1.29 is 73.6 Å². The first-order valence-corrected chi connectivity index (χ1v) is 16.8. The van der Waals surface area contributed by atoms with Crippen LogP contribution in [0.4, 0.5) is 26.3 Å². The van der Waals surface area contributed by atoms with E-state index in [1.54, 1.807) is 20.8 Å². The Hall–Kier alpha value is -3.03. The van der Waals surface area contributed by atoms with Crippen LogP contribution < -0.4 is 5.32 Å². The molecule has 2 bridgehead atoms. The molecular formula is C32H41F6N3O10. The number of aromatic nitrogens is 2. The van der Waals surface area contributed by atoms with E-state index in [1.165, 1.54) is 7.11 Å². The Morgan fingerprint density at radius 2 is 1.57 bits per heavy atom. The maximum absolute atomic E-state index is 14.0. The SMILES string of the molecule is COC(=O)C1(C(OC2CC(COC(F)(F)F)C2)C(=O)NC23CC(c4nnc(C5CC(OC(F)(F)F)C5)o4)(C2)C3)CC(OCC(=O)OC(C)(C)C)C1. The van der Waals surface area contributed by atoms with Crippen molar-refractivity contribution in [3.63, 3.8) is 0 Å². The number of nitrogens with one attached hydrogen (secondary N) is 1. The summed E-state index contributed by atoms with van der Waals surface area (Å²) in [7, 11) is 1.17.